The summed E-state index contributed by atoms with van der Waals surface area (Å²) in [6.45, 7) is 6.49. The van der Waals surface area contributed by atoms with Crippen LogP contribution < -0.4 is 9.47 Å². The van der Waals surface area contributed by atoms with Crippen LogP contribution in [0.1, 0.15) is 20.8 Å². The molecule has 0 aliphatic heterocycles. The maximum absolute atomic E-state index is 12.3. The van der Waals surface area contributed by atoms with Gasteiger partial charge in [-0.3, -0.25) is 9.59 Å². The Morgan fingerprint density at radius 3 is 2.12 bits per heavy atom. The van der Waals surface area contributed by atoms with Gasteiger partial charge in [-0.25, -0.2) is 0 Å². The smallest absolute Gasteiger partial charge is 0.310 e. The van der Waals surface area contributed by atoms with Gasteiger partial charge in [0.15, 0.2) is 0 Å². The standard InChI is InChI=1S/C18H27NO5/c1-13(2)17(20)19(12-14(3)18(21)23-5)10-11-24-16-8-6-15(22-4)7-9-16/h6-9,13-14H,10-12H2,1-5H3. The van der Waals surface area contributed by atoms with Gasteiger partial charge in [0.1, 0.15) is 18.1 Å². The molecule has 0 heterocycles. The first-order valence-corrected chi connectivity index (χ1v) is 8.02. The summed E-state index contributed by atoms with van der Waals surface area (Å²) in [5.41, 5.74) is 0. The van der Waals surface area contributed by atoms with Gasteiger partial charge in [0.05, 0.1) is 26.7 Å². The summed E-state index contributed by atoms with van der Waals surface area (Å²) in [5, 5.41) is 0. The van der Waals surface area contributed by atoms with Gasteiger partial charge < -0.3 is 19.1 Å². The summed E-state index contributed by atoms with van der Waals surface area (Å²) in [5.74, 6) is 0.603. The molecule has 6 nitrogen and oxygen atoms in total. The van der Waals surface area contributed by atoms with Crippen molar-refractivity contribution in [2.75, 3.05) is 33.9 Å². The normalized spacial score (nSPS) is 11.8. The van der Waals surface area contributed by atoms with Crippen LogP contribution in [0.15, 0.2) is 24.3 Å². The fourth-order valence-corrected chi connectivity index (χ4v) is 2.21. The lowest BCUT2D eigenvalue weighted by Gasteiger charge is -2.26. The maximum atomic E-state index is 12.3. The second-order valence-electron chi connectivity index (χ2n) is 5.89. The molecule has 1 aromatic carbocycles. The van der Waals surface area contributed by atoms with Gasteiger partial charge in [0, 0.05) is 12.5 Å². The predicted octanol–water partition coefficient (Wildman–Crippen LogP) is 2.37. The second-order valence-corrected chi connectivity index (χ2v) is 5.89. The zero-order chi connectivity index (χ0) is 18.1. The summed E-state index contributed by atoms with van der Waals surface area (Å²) in [4.78, 5) is 25.6. The highest BCUT2D eigenvalue weighted by Gasteiger charge is 2.23. The van der Waals surface area contributed by atoms with Crippen molar-refractivity contribution >= 4 is 11.9 Å². The first kappa shape index (κ1) is 19.8. The van der Waals surface area contributed by atoms with Gasteiger partial charge in [-0.2, -0.15) is 0 Å². The van der Waals surface area contributed by atoms with Crippen LogP contribution in [0.4, 0.5) is 0 Å². The molecule has 0 aliphatic rings. The minimum atomic E-state index is -0.376. The van der Waals surface area contributed by atoms with Crippen molar-refractivity contribution in [3.63, 3.8) is 0 Å². The summed E-state index contributed by atoms with van der Waals surface area (Å²) in [6.07, 6.45) is 0. The molecule has 1 unspecified atom stereocenters. The number of rotatable bonds is 9. The van der Waals surface area contributed by atoms with Crippen molar-refractivity contribution < 1.29 is 23.8 Å². The first-order valence-electron chi connectivity index (χ1n) is 8.02. The number of carbonyl (C=O) groups excluding carboxylic acids is 2. The van der Waals surface area contributed by atoms with E-state index in [4.69, 9.17) is 14.2 Å². The van der Waals surface area contributed by atoms with Crippen LogP contribution in [0.3, 0.4) is 0 Å². The molecule has 0 aromatic heterocycles. The van der Waals surface area contributed by atoms with Crippen molar-refractivity contribution in [2.45, 2.75) is 20.8 Å². The van der Waals surface area contributed by atoms with Gasteiger partial charge in [-0.1, -0.05) is 20.8 Å². The summed E-state index contributed by atoms with van der Waals surface area (Å²) in [6, 6.07) is 7.24. The highest BCUT2D eigenvalue weighted by molar-refractivity contribution is 5.79. The summed E-state index contributed by atoms with van der Waals surface area (Å²) >= 11 is 0. The van der Waals surface area contributed by atoms with E-state index in [1.165, 1.54) is 7.11 Å². The van der Waals surface area contributed by atoms with E-state index in [1.807, 2.05) is 38.1 Å². The van der Waals surface area contributed by atoms with Crippen molar-refractivity contribution in [1.82, 2.24) is 4.90 Å². The molecule has 134 valence electrons. The first-order chi connectivity index (χ1) is 11.4. The molecule has 24 heavy (non-hydrogen) atoms. The molecule has 0 N–H and O–H groups in total. The van der Waals surface area contributed by atoms with Crippen molar-refractivity contribution in [3.05, 3.63) is 24.3 Å². The lowest BCUT2D eigenvalue weighted by Crippen LogP contribution is -2.41. The zero-order valence-electron chi connectivity index (χ0n) is 15.1. The number of nitrogens with zero attached hydrogens (tertiary/aromatic N) is 1. The molecular weight excluding hydrogens is 310 g/mol. The van der Waals surface area contributed by atoms with Crippen molar-refractivity contribution in [2.24, 2.45) is 11.8 Å². The molecule has 0 bridgehead atoms. The molecule has 0 radical (unpaired) electrons. The summed E-state index contributed by atoms with van der Waals surface area (Å²) in [7, 11) is 2.95. The van der Waals surface area contributed by atoms with Crippen LogP contribution in [-0.4, -0.2) is 50.7 Å². The number of carbonyl (C=O) groups is 2. The molecule has 0 saturated carbocycles. The predicted molar refractivity (Wildman–Crippen MR) is 91.1 cm³/mol. The Morgan fingerprint density at radius 1 is 1.04 bits per heavy atom. The molecule has 0 spiro atoms. The molecule has 0 fully saturated rings. The van der Waals surface area contributed by atoms with E-state index in [-0.39, 0.29) is 23.7 Å². The van der Waals surface area contributed by atoms with Crippen LogP contribution >= 0.6 is 0 Å². The van der Waals surface area contributed by atoms with E-state index < -0.39 is 0 Å². The van der Waals surface area contributed by atoms with E-state index in [1.54, 1.807) is 18.9 Å². The van der Waals surface area contributed by atoms with Crippen LogP contribution in [0.2, 0.25) is 0 Å². The van der Waals surface area contributed by atoms with Crippen LogP contribution in [-0.2, 0) is 14.3 Å². The van der Waals surface area contributed by atoms with E-state index >= 15 is 0 Å². The lowest BCUT2D eigenvalue weighted by molar-refractivity contribution is -0.147. The van der Waals surface area contributed by atoms with Crippen LogP contribution in [0.25, 0.3) is 0 Å². The van der Waals surface area contributed by atoms with E-state index in [0.717, 1.165) is 5.75 Å². The number of hydrogen-bond acceptors (Lipinski definition) is 5. The Bertz CT molecular complexity index is 527. The molecule has 1 aromatic rings. The average molecular weight is 337 g/mol. The monoisotopic (exact) mass is 337 g/mol. The Kier molecular flexibility index (Phi) is 8.09. The second kappa shape index (κ2) is 9.80. The molecule has 6 heteroatoms. The highest BCUT2D eigenvalue weighted by Crippen LogP contribution is 2.17. The Balaban J connectivity index is 2.60. The number of amides is 1. The van der Waals surface area contributed by atoms with Gasteiger partial charge >= 0.3 is 5.97 Å². The summed E-state index contributed by atoms with van der Waals surface area (Å²) < 4.78 is 15.5. The minimum absolute atomic E-state index is 0.0101. The topological polar surface area (TPSA) is 65.1 Å². The van der Waals surface area contributed by atoms with Gasteiger partial charge in [0.2, 0.25) is 5.91 Å². The van der Waals surface area contributed by atoms with Gasteiger partial charge in [-0.05, 0) is 24.3 Å². The Labute approximate surface area is 143 Å². The Morgan fingerprint density at radius 2 is 1.62 bits per heavy atom. The number of esters is 1. The third kappa shape index (κ3) is 6.10. The molecule has 1 atom stereocenters. The van der Waals surface area contributed by atoms with E-state index in [2.05, 4.69) is 0 Å². The Hall–Kier alpha value is -2.24. The SMILES string of the molecule is COC(=O)C(C)CN(CCOc1ccc(OC)cc1)C(=O)C(C)C. The van der Waals surface area contributed by atoms with Crippen LogP contribution in [0.5, 0.6) is 11.5 Å². The van der Waals surface area contributed by atoms with E-state index in [0.29, 0.717) is 25.4 Å². The largest absolute Gasteiger partial charge is 0.497 e. The number of methoxy groups -OCH3 is 2. The fourth-order valence-electron chi connectivity index (χ4n) is 2.21. The lowest BCUT2D eigenvalue weighted by atomic mass is 10.1. The quantitative estimate of drug-likeness (QED) is 0.647. The third-order valence-corrected chi connectivity index (χ3v) is 3.59. The van der Waals surface area contributed by atoms with Crippen molar-refractivity contribution in [3.8, 4) is 11.5 Å². The van der Waals surface area contributed by atoms with Gasteiger partial charge in [0.25, 0.3) is 0 Å². The number of hydrogen-bond donors (Lipinski definition) is 0. The highest BCUT2D eigenvalue weighted by atomic mass is 16.5. The molecule has 1 amide bonds. The van der Waals surface area contributed by atoms with E-state index in [9.17, 15) is 9.59 Å². The maximum Gasteiger partial charge on any atom is 0.310 e. The van der Waals surface area contributed by atoms with Crippen LogP contribution in [0, 0.1) is 11.8 Å². The number of ether oxygens (including phenoxy) is 3. The molecule has 0 aliphatic carbocycles. The average Bonchev–Trinajstić information content (AvgIpc) is 2.59. The number of benzene rings is 1. The zero-order valence-corrected chi connectivity index (χ0v) is 15.1. The van der Waals surface area contributed by atoms with Crippen molar-refractivity contribution in [1.29, 1.82) is 0 Å². The molecular formula is C18H27NO5. The molecule has 1 rings (SSSR count). The fraction of sp³-hybridized carbons (Fsp3) is 0.556. The molecule has 0 saturated heterocycles. The van der Waals surface area contributed by atoms with Gasteiger partial charge in [-0.15, -0.1) is 0 Å². The minimum Gasteiger partial charge on any atom is -0.497 e. The third-order valence-electron chi connectivity index (χ3n) is 3.59.